The molecule has 0 aromatic heterocycles. The fourth-order valence-electron chi connectivity index (χ4n) is 2.54. The number of carbonyl (C=O) groups excluding carboxylic acids is 2. The Hall–Kier alpha value is -2.65. The van der Waals surface area contributed by atoms with Crippen LogP contribution in [0.3, 0.4) is 0 Å². The van der Waals surface area contributed by atoms with Gasteiger partial charge in [0.25, 0.3) is 5.91 Å². The number of anilines is 1. The molecule has 24 heavy (non-hydrogen) atoms. The number of amides is 1. The lowest BCUT2D eigenvalue weighted by Gasteiger charge is -2.33. The maximum atomic E-state index is 12.3. The van der Waals surface area contributed by atoms with Gasteiger partial charge in [0.05, 0.1) is 0 Å². The lowest BCUT2D eigenvalue weighted by Crippen LogP contribution is -2.44. The van der Waals surface area contributed by atoms with Gasteiger partial charge in [-0.1, -0.05) is 19.1 Å². The zero-order valence-electron chi connectivity index (χ0n) is 14.1. The number of likely N-dealkylation sites (N-methyl/N-ethyl adjacent to an activating group) is 1. The number of piperazine rings is 1. The fraction of sp³-hybridized carbons (Fsp3) is 0.389. The van der Waals surface area contributed by atoms with E-state index in [4.69, 9.17) is 0 Å². The van der Waals surface area contributed by atoms with Crippen molar-refractivity contribution in [2.24, 2.45) is 0 Å². The highest BCUT2D eigenvalue weighted by Gasteiger charge is 2.16. The summed E-state index contributed by atoms with van der Waals surface area (Å²) in [4.78, 5) is 28.0. The first-order valence-electron chi connectivity index (χ1n) is 8.04. The number of carbonyl (C=O) groups is 2. The van der Waals surface area contributed by atoms with Crippen LogP contribution in [0.4, 0.5) is 5.69 Å². The van der Waals surface area contributed by atoms with Gasteiger partial charge in [0.15, 0.2) is 5.78 Å². The Balaban J connectivity index is 2.04. The molecule has 1 aromatic carbocycles. The standard InChI is InChI=1S/C18H22N4O2/c1-3-21-7-9-22(10-8-21)13-16(12-19)18(24)20-17-6-4-5-15(11-17)14(2)23/h4-6,11,13H,3,7-10H2,1-2H3,(H,20,24)/b16-13-. The Morgan fingerprint density at radius 1 is 1.29 bits per heavy atom. The predicted octanol–water partition coefficient (Wildman–Crippen LogP) is 1.87. The molecule has 1 fully saturated rings. The summed E-state index contributed by atoms with van der Waals surface area (Å²) in [5.74, 6) is -0.535. The van der Waals surface area contributed by atoms with Crippen LogP contribution in [0.25, 0.3) is 0 Å². The first kappa shape index (κ1) is 17.7. The molecule has 6 nitrogen and oxygen atoms in total. The molecule has 0 radical (unpaired) electrons. The van der Waals surface area contributed by atoms with Crippen molar-refractivity contribution in [1.82, 2.24) is 9.80 Å². The molecule has 1 N–H and O–H groups in total. The molecule has 0 unspecified atom stereocenters. The molecular formula is C18H22N4O2. The van der Waals surface area contributed by atoms with Crippen LogP contribution in [0.5, 0.6) is 0 Å². The first-order valence-corrected chi connectivity index (χ1v) is 8.04. The smallest absolute Gasteiger partial charge is 0.267 e. The van der Waals surface area contributed by atoms with Crippen LogP contribution in [-0.4, -0.2) is 54.2 Å². The Morgan fingerprint density at radius 2 is 2.00 bits per heavy atom. The summed E-state index contributed by atoms with van der Waals surface area (Å²) in [5, 5.41) is 12.0. The van der Waals surface area contributed by atoms with Gasteiger partial charge in [0.2, 0.25) is 0 Å². The van der Waals surface area contributed by atoms with E-state index in [1.165, 1.54) is 6.92 Å². The predicted molar refractivity (Wildman–Crippen MR) is 92.5 cm³/mol. The number of hydrogen-bond donors (Lipinski definition) is 1. The average Bonchev–Trinajstić information content (AvgIpc) is 2.60. The summed E-state index contributed by atoms with van der Waals surface area (Å²) in [6, 6.07) is 8.65. The third-order valence-corrected chi connectivity index (χ3v) is 4.06. The molecule has 126 valence electrons. The van der Waals surface area contributed by atoms with Crippen LogP contribution in [0.2, 0.25) is 0 Å². The zero-order valence-corrected chi connectivity index (χ0v) is 14.1. The van der Waals surface area contributed by atoms with Gasteiger partial charge in [-0.05, 0) is 25.6 Å². The lowest BCUT2D eigenvalue weighted by molar-refractivity contribution is -0.112. The van der Waals surface area contributed by atoms with E-state index in [2.05, 4.69) is 17.1 Å². The largest absolute Gasteiger partial charge is 0.374 e. The van der Waals surface area contributed by atoms with Gasteiger partial charge < -0.3 is 15.1 Å². The van der Waals surface area contributed by atoms with Crippen LogP contribution in [-0.2, 0) is 4.79 Å². The van der Waals surface area contributed by atoms with Crippen LogP contribution >= 0.6 is 0 Å². The number of Topliss-reactive ketones (excluding diaryl/α,β-unsaturated/α-hetero) is 1. The summed E-state index contributed by atoms with van der Waals surface area (Å²) in [6.45, 7) is 8.04. The molecule has 2 rings (SSSR count). The quantitative estimate of drug-likeness (QED) is 0.508. The van der Waals surface area contributed by atoms with E-state index < -0.39 is 5.91 Å². The molecule has 1 saturated heterocycles. The maximum absolute atomic E-state index is 12.3. The van der Waals surface area contributed by atoms with Crippen molar-refractivity contribution in [1.29, 1.82) is 5.26 Å². The molecule has 1 heterocycles. The number of nitrogens with one attached hydrogen (secondary N) is 1. The number of rotatable bonds is 5. The first-order chi connectivity index (χ1) is 11.5. The van der Waals surface area contributed by atoms with E-state index in [0.29, 0.717) is 11.3 Å². The molecule has 0 aliphatic carbocycles. The minimum Gasteiger partial charge on any atom is -0.374 e. The highest BCUT2D eigenvalue weighted by atomic mass is 16.1. The third-order valence-electron chi connectivity index (χ3n) is 4.06. The SMILES string of the molecule is CCN1CCN(/C=C(/C#N)C(=O)Nc2cccc(C(C)=O)c2)CC1. The van der Waals surface area contributed by atoms with Crippen LogP contribution < -0.4 is 5.32 Å². The molecule has 0 bridgehead atoms. The maximum Gasteiger partial charge on any atom is 0.267 e. The monoisotopic (exact) mass is 326 g/mol. The topological polar surface area (TPSA) is 76.4 Å². The van der Waals surface area contributed by atoms with E-state index in [1.54, 1.807) is 30.5 Å². The van der Waals surface area contributed by atoms with Gasteiger partial charge in [0, 0.05) is 43.6 Å². The molecular weight excluding hydrogens is 304 g/mol. The fourth-order valence-corrected chi connectivity index (χ4v) is 2.54. The molecule has 0 spiro atoms. The average molecular weight is 326 g/mol. The minimum absolute atomic E-state index is 0.0631. The Bertz CT molecular complexity index is 683. The zero-order chi connectivity index (χ0) is 17.5. The molecule has 1 aliphatic heterocycles. The number of nitrogens with zero attached hydrogens (tertiary/aromatic N) is 3. The normalized spacial score (nSPS) is 15.7. The van der Waals surface area contributed by atoms with Crippen LogP contribution in [0, 0.1) is 11.3 Å². The molecule has 1 aromatic rings. The highest BCUT2D eigenvalue weighted by Crippen LogP contribution is 2.13. The molecule has 1 aliphatic rings. The molecule has 0 atom stereocenters. The van der Waals surface area contributed by atoms with E-state index in [9.17, 15) is 14.9 Å². The van der Waals surface area contributed by atoms with Crippen LogP contribution in [0.1, 0.15) is 24.2 Å². The van der Waals surface area contributed by atoms with Crippen molar-refractivity contribution < 1.29 is 9.59 Å². The minimum atomic E-state index is -0.462. The van der Waals surface area contributed by atoms with E-state index in [1.807, 2.05) is 11.0 Å². The highest BCUT2D eigenvalue weighted by molar-refractivity contribution is 6.07. The van der Waals surface area contributed by atoms with E-state index in [-0.39, 0.29) is 11.4 Å². The van der Waals surface area contributed by atoms with Gasteiger partial charge in [-0.25, -0.2) is 0 Å². The van der Waals surface area contributed by atoms with E-state index in [0.717, 1.165) is 32.7 Å². The van der Waals surface area contributed by atoms with E-state index >= 15 is 0 Å². The third kappa shape index (κ3) is 4.67. The Morgan fingerprint density at radius 3 is 2.58 bits per heavy atom. The van der Waals surface area contributed by atoms with Gasteiger partial charge in [0.1, 0.15) is 11.6 Å². The summed E-state index contributed by atoms with van der Waals surface area (Å²) < 4.78 is 0. The second-order valence-electron chi connectivity index (χ2n) is 5.72. The number of hydrogen-bond acceptors (Lipinski definition) is 5. The van der Waals surface area contributed by atoms with Crippen molar-refractivity contribution in [3.8, 4) is 6.07 Å². The van der Waals surface area contributed by atoms with Crippen LogP contribution in [0.15, 0.2) is 36.0 Å². The van der Waals surface area contributed by atoms with Crippen molar-refractivity contribution in [3.63, 3.8) is 0 Å². The summed E-state index contributed by atoms with van der Waals surface area (Å²) >= 11 is 0. The van der Waals surface area contributed by atoms with Gasteiger partial charge in [-0.15, -0.1) is 0 Å². The Kier molecular flexibility index (Phi) is 6.10. The second kappa shape index (κ2) is 8.27. The van der Waals surface area contributed by atoms with Crippen molar-refractivity contribution in [3.05, 3.63) is 41.6 Å². The molecule has 0 saturated carbocycles. The molecule has 6 heteroatoms. The number of benzene rings is 1. The van der Waals surface area contributed by atoms with Crippen molar-refractivity contribution >= 4 is 17.4 Å². The number of nitriles is 1. The number of ketones is 1. The van der Waals surface area contributed by atoms with Gasteiger partial charge in [-0.2, -0.15) is 5.26 Å². The van der Waals surface area contributed by atoms with Gasteiger partial charge >= 0.3 is 0 Å². The van der Waals surface area contributed by atoms with Gasteiger partial charge in [-0.3, -0.25) is 9.59 Å². The molecule has 1 amide bonds. The second-order valence-corrected chi connectivity index (χ2v) is 5.72. The summed E-state index contributed by atoms with van der Waals surface area (Å²) in [6.07, 6.45) is 1.62. The summed E-state index contributed by atoms with van der Waals surface area (Å²) in [7, 11) is 0. The Labute approximate surface area is 142 Å². The lowest BCUT2D eigenvalue weighted by atomic mass is 10.1. The van der Waals surface area contributed by atoms with Crippen molar-refractivity contribution in [2.75, 3.05) is 38.0 Å². The van der Waals surface area contributed by atoms with Crippen molar-refractivity contribution in [2.45, 2.75) is 13.8 Å². The summed E-state index contributed by atoms with van der Waals surface area (Å²) in [5.41, 5.74) is 1.09.